The Morgan fingerprint density at radius 3 is 1.42 bits per heavy atom. The minimum absolute atomic E-state index is 0.220. The summed E-state index contributed by atoms with van der Waals surface area (Å²) in [5.74, 6) is 2.31. The van der Waals surface area contributed by atoms with Crippen LogP contribution in [0.3, 0.4) is 0 Å². The average molecular weight is 1040 g/mol. The van der Waals surface area contributed by atoms with Gasteiger partial charge in [-0.05, 0) is 163 Å². The van der Waals surface area contributed by atoms with Gasteiger partial charge >= 0.3 is 0 Å². The molecule has 5 heteroatoms. The summed E-state index contributed by atoms with van der Waals surface area (Å²) in [5, 5.41) is 2.30. The second-order valence-corrected chi connectivity index (χ2v) is 21.8. The first-order valence-electron chi connectivity index (χ1n) is 27.7. The topological polar surface area (TPSA) is 35.9 Å². The maximum atomic E-state index is 7.05. The van der Waals surface area contributed by atoms with Gasteiger partial charge in [-0.15, -0.1) is 0 Å². The van der Waals surface area contributed by atoms with Gasteiger partial charge in [0.25, 0.3) is 6.33 Å². The number of pyridine rings is 1. The van der Waals surface area contributed by atoms with Crippen LogP contribution in [0, 0.1) is 6.33 Å². The number of para-hydroxylation sites is 4. The number of hydrogen-bond acceptors (Lipinski definition) is 2. The molecule has 0 aliphatic rings. The van der Waals surface area contributed by atoms with Gasteiger partial charge in [0.2, 0.25) is 0 Å². The molecule has 14 aromatic rings. The van der Waals surface area contributed by atoms with E-state index >= 15 is 0 Å². The van der Waals surface area contributed by atoms with E-state index in [1.165, 1.54) is 0 Å². The molecule has 3 aromatic heterocycles. The zero-order valence-corrected chi connectivity index (χ0v) is 45.3. The molecule has 81 heavy (non-hydrogen) atoms. The molecule has 0 radical (unpaired) electrons. The molecule has 0 amide bonds. The molecule has 11 aromatic carbocycles. The predicted molar refractivity (Wildman–Crippen MR) is 334 cm³/mol. The first-order chi connectivity index (χ1) is 39.8. The molecule has 386 valence electrons. The minimum atomic E-state index is -0.220. The Bertz CT molecular complexity index is 4350. The zero-order chi connectivity index (χ0) is 54.4. The maximum absolute atomic E-state index is 7.05. The molecule has 0 N–H and O–H groups in total. The molecule has 0 unspecified atom stereocenters. The van der Waals surface area contributed by atoms with E-state index in [9.17, 15) is 0 Å². The summed E-state index contributed by atoms with van der Waals surface area (Å²) in [7, 11) is 0. The monoisotopic (exact) mass is 1040 g/mol. The number of ether oxygens (including phenoxy) is 1. The standard InChI is InChI=1S/C76H56N4O/c1-76(2,3)62-47-63(49-65(48-62)81-64-38-39-69-68-31-16-17-34-70(68)80(73(69)50-64)74-37-20-21-40-77-74)78-51-79(72-36-19-18-35-71(72)78)75-66(60-43-56(52-23-8-4-9-24-52)41-57(44-60)53-25-10-5-11-26-53)32-22-33-67(75)61-45-58(54-27-12-6-13-28-54)42-59(46-61)55-29-14-7-15-30-55/h4-50H,1-3H3. The Balaban J connectivity index is 0.995. The fourth-order valence-corrected chi connectivity index (χ4v) is 11.5. The third kappa shape index (κ3) is 9.35. The second-order valence-electron chi connectivity index (χ2n) is 21.8. The van der Waals surface area contributed by atoms with E-state index in [0.29, 0.717) is 0 Å². The van der Waals surface area contributed by atoms with Crippen molar-refractivity contribution in [2.45, 2.75) is 26.2 Å². The molecule has 0 atom stereocenters. The van der Waals surface area contributed by atoms with Gasteiger partial charge in [0.1, 0.15) is 17.3 Å². The maximum Gasteiger partial charge on any atom is 0.269 e. The van der Waals surface area contributed by atoms with Crippen LogP contribution in [0.4, 0.5) is 0 Å². The van der Waals surface area contributed by atoms with Crippen molar-refractivity contribution in [2.24, 2.45) is 0 Å². The Hall–Kier alpha value is -10.4. The third-order valence-electron chi connectivity index (χ3n) is 15.5. The lowest BCUT2D eigenvalue weighted by Crippen LogP contribution is -2.31. The summed E-state index contributed by atoms with van der Waals surface area (Å²) in [6.07, 6.45) is 5.87. The normalized spacial score (nSPS) is 11.6. The fourth-order valence-electron chi connectivity index (χ4n) is 11.5. The van der Waals surface area contributed by atoms with Gasteiger partial charge in [0.15, 0.2) is 0 Å². The van der Waals surface area contributed by atoms with Crippen LogP contribution >= 0.6 is 0 Å². The van der Waals surface area contributed by atoms with E-state index in [2.05, 4.69) is 308 Å². The van der Waals surface area contributed by atoms with Gasteiger partial charge in [-0.25, -0.2) is 4.98 Å². The number of aromatic nitrogens is 4. The first kappa shape index (κ1) is 49.0. The van der Waals surface area contributed by atoms with Crippen molar-refractivity contribution in [2.75, 3.05) is 0 Å². The molecule has 0 aliphatic carbocycles. The first-order valence-corrected chi connectivity index (χ1v) is 27.7. The predicted octanol–water partition coefficient (Wildman–Crippen LogP) is 19.3. The van der Waals surface area contributed by atoms with E-state index in [-0.39, 0.29) is 5.41 Å². The summed E-state index contributed by atoms with van der Waals surface area (Å²) < 4.78 is 13.8. The van der Waals surface area contributed by atoms with Gasteiger partial charge in [-0.3, -0.25) is 13.7 Å². The largest absolute Gasteiger partial charge is 0.458 e. The van der Waals surface area contributed by atoms with E-state index in [1.807, 2.05) is 18.3 Å². The average Bonchev–Trinajstić information content (AvgIpc) is 3.80. The van der Waals surface area contributed by atoms with Crippen molar-refractivity contribution >= 4 is 32.8 Å². The number of rotatable bonds is 11. The van der Waals surface area contributed by atoms with Crippen molar-refractivity contribution < 1.29 is 9.30 Å². The van der Waals surface area contributed by atoms with Crippen LogP contribution in [0.5, 0.6) is 11.5 Å². The molecule has 14 rings (SSSR count). The Morgan fingerprint density at radius 1 is 0.383 bits per heavy atom. The van der Waals surface area contributed by atoms with Crippen LogP contribution in [-0.2, 0) is 5.41 Å². The molecule has 3 heterocycles. The van der Waals surface area contributed by atoms with Crippen LogP contribution in [0.15, 0.2) is 285 Å². The Kier molecular flexibility index (Phi) is 12.4. The second kappa shape index (κ2) is 20.5. The van der Waals surface area contributed by atoms with Crippen LogP contribution in [0.1, 0.15) is 26.3 Å². The molecular weight excluding hydrogens is 985 g/mol. The van der Waals surface area contributed by atoms with Gasteiger partial charge in [0.05, 0.1) is 33.4 Å². The quantitative estimate of drug-likeness (QED) is 0.0956. The van der Waals surface area contributed by atoms with E-state index in [4.69, 9.17) is 9.72 Å². The Morgan fingerprint density at radius 2 is 0.877 bits per heavy atom. The number of benzene rings is 11. The van der Waals surface area contributed by atoms with Crippen molar-refractivity contribution in [3.05, 3.63) is 297 Å². The summed E-state index contributed by atoms with van der Waals surface area (Å²) in [6.45, 7) is 6.77. The van der Waals surface area contributed by atoms with Crippen molar-refractivity contribution in [3.63, 3.8) is 0 Å². The van der Waals surface area contributed by atoms with Crippen molar-refractivity contribution in [1.82, 2.24) is 14.1 Å². The highest BCUT2D eigenvalue weighted by Crippen LogP contribution is 2.42. The third-order valence-corrected chi connectivity index (χ3v) is 15.5. The highest BCUT2D eigenvalue weighted by atomic mass is 16.5. The number of imidazole rings is 1. The molecule has 0 saturated heterocycles. The number of fused-ring (bicyclic) bond motifs is 4. The Labute approximate surface area is 472 Å². The van der Waals surface area contributed by atoms with Crippen LogP contribution in [0.25, 0.3) is 117 Å². The zero-order valence-electron chi connectivity index (χ0n) is 45.3. The molecule has 0 aliphatic heterocycles. The molecule has 0 saturated carbocycles. The molecular formula is C76H56N4O. The van der Waals surface area contributed by atoms with Crippen LogP contribution < -0.4 is 9.30 Å². The van der Waals surface area contributed by atoms with Crippen molar-refractivity contribution in [1.29, 1.82) is 0 Å². The highest BCUT2D eigenvalue weighted by Gasteiger charge is 2.24. The lowest BCUT2D eigenvalue weighted by Gasteiger charge is -2.22. The molecule has 0 fully saturated rings. The lowest BCUT2D eigenvalue weighted by molar-refractivity contribution is -0.571. The fraction of sp³-hybridized carbons (Fsp3) is 0.0526. The van der Waals surface area contributed by atoms with Gasteiger partial charge in [-0.1, -0.05) is 209 Å². The summed E-state index contributed by atoms with van der Waals surface area (Å²) in [6, 6.07) is 99.9. The number of nitrogens with zero attached hydrogens (tertiary/aromatic N) is 4. The van der Waals surface area contributed by atoms with E-state index < -0.39 is 0 Å². The van der Waals surface area contributed by atoms with Crippen LogP contribution in [0.2, 0.25) is 0 Å². The smallest absolute Gasteiger partial charge is 0.269 e. The summed E-state index contributed by atoms with van der Waals surface area (Å²) in [5.41, 5.74) is 20.5. The SMILES string of the molecule is CC(C)(C)c1cc(Oc2ccc3c4ccccc4n(-c4ccccn4)c3c2)cc(-n2[c-][n+](-c3c(-c4cc(-c5ccccc5)cc(-c5ccccc5)c4)cccc3-c3cc(-c4ccccc4)cc(-c4ccccc4)c3)c3ccccc32)c1. The van der Waals surface area contributed by atoms with Crippen molar-refractivity contribution in [3.8, 4) is 95.5 Å². The van der Waals surface area contributed by atoms with E-state index in [0.717, 1.165) is 134 Å². The number of hydrogen-bond donors (Lipinski definition) is 0. The lowest BCUT2D eigenvalue weighted by atomic mass is 9.86. The molecule has 5 nitrogen and oxygen atoms in total. The van der Waals surface area contributed by atoms with Gasteiger partial charge in [-0.2, -0.15) is 0 Å². The van der Waals surface area contributed by atoms with Crippen LogP contribution in [-0.4, -0.2) is 14.1 Å². The molecule has 0 spiro atoms. The van der Waals surface area contributed by atoms with Gasteiger partial charge in [0, 0.05) is 23.0 Å². The summed E-state index contributed by atoms with van der Waals surface area (Å²) in [4.78, 5) is 4.79. The van der Waals surface area contributed by atoms with E-state index in [1.54, 1.807) is 0 Å². The minimum Gasteiger partial charge on any atom is -0.458 e. The highest BCUT2D eigenvalue weighted by molar-refractivity contribution is 6.09. The molecule has 0 bridgehead atoms. The van der Waals surface area contributed by atoms with Gasteiger partial charge < -0.3 is 4.74 Å². The summed E-state index contributed by atoms with van der Waals surface area (Å²) >= 11 is 0.